The number of benzene rings is 1. The molecule has 0 aliphatic carbocycles. The van der Waals surface area contributed by atoms with Crippen molar-refractivity contribution in [1.82, 2.24) is 15.0 Å². The van der Waals surface area contributed by atoms with Crippen molar-refractivity contribution >= 4 is 28.2 Å². The summed E-state index contributed by atoms with van der Waals surface area (Å²) < 4.78 is 0. The van der Waals surface area contributed by atoms with E-state index in [1.54, 1.807) is 35.9 Å². The van der Waals surface area contributed by atoms with Crippen molar-refractivity contribution < 1.29 is 4.79 Å². The van der Waals surface area contributed by atoms with E-state index in [0.717, 1.165) is 21.7 Å². The molecule has 94 valence electrons. The number of carbonyl (C=O) groups is 1. The van der Waals surface area contributed by atoms with Crippen LogP contribution in [0.2, 0.25) is 0 Å². The summed E-state index contributed by atoms with van der Waals surface area (Å²) in [6.45, 7) is 1.93. The lowest BCUT2D eigenvalue weighted by Crippen LogP contribution is -2.04. The largest absolute Gasteiger partial charge is 0.294 e. The van der Waals surface area contributed by atoms with Crippen molar-refractivity contribution in [2.75, 3.05) is 0 Å². The predicted octanol–water partition coefficient (Wildman–Crippen LogP) is 2.82. The minimum Gasteiger partial charge on any atom is -0.294 e. The molecule has 0 radical (unpaired) electrons. The first-order valence-corrected chi connectivity index (χ1v) is 6.75. The third kappa shape index (κ3) is 2.51. The molecule has 0 unspecified atom stereocenters. The second kappa shape index (κ2) is 4.85. The lowest BCUT2D eigenvalue weighted by molar-refractivity contribution is 0.0992. The van der Waals surface area contributed by atoms with Crippen LogP contribution in [0.15, 0.2) is 36.0 Å². The van der Waals surface area contributed by atoms with Crippen LogP contribution in [0.3, 0.4) is 0 Å². The van der Waals surface area contributed by atoms with Crippen molar-refractivity contribution in [1.29, 1.82) is 0 Å². The van der Waals surface area contributed by atoms with Crippen molar-refractivity contribution in [3.8, 4) is 0 Å². The van der Waals surface area contributed by atoms with Gasteiger partial charge in [0.05, 0.1) is 28.2 Å². The first kappa shape index (κ1) is 11.9. The van der Waals surface area contributed by atoms with E-state index in [9.17, 15) is 4.79 Å². The molecule has 0 aliphatic rings. The Morgan fingerprint density at radius 1 is 1.21 bits per heavy atom. The van der Waals surface area contributed by atoms with E-state index in [1.165, 1.54) is 0 Å². The fourth-order valence-corrected chi connectivity index (χ4v) is 2.51. The van der Waals surface area contributed by atoms with E-state index in [-0.39, 0.29) is 5.78 Å². The quantitative estimate of drug-likeness (QED) is 0.686. The summed E-state index contributed by atoms with van der Waals surface area (Å²) in [6, 6.07) is 5.39. The summed E-state index contributed by atoms with van der Waals surface area (Å²) in [6.07, 6.45) is 3.60. The van der Waals surface area contributed by atoms with Gasteiger partial charge in [-0.3, -0.25) is 14.8 Å². The van der Waals surface area contributed by atoms with Crippen molar-refractivity contribution in [3.05, 3.63) is 52.2 Å². The topological polar surface area (TPSA) is 55.7 Å². The maximum absolute atomic E-state index is 12.2. The molecule has 0 atom stereocenters. The molecule has 0 spiro atoms. The van der Waals surface area contributed by atoms with Gasteiger partial charge < -0.3 is 0 Å². The minimum atomic E-state index is 0.0536. The van der Waals surface area contributed by atoms with Crippen molar-refractivity contribution in [3.63, 3.8) is 0 Å². The molecule has 0 amide bonds. The number of hydrogen-bond donors (Lipinski definition) is 0. The molecule has 2 aromatic heterocycles. The first-order valence-electron chi connectivity index (χ1n) is 5.87. The van der Waals surface area contributed by atoms with Gasteiger partial charge in [0.15, 0.2) is 5.78 Å². The number of Topliss-reactive ketones (excluding diaryl/α,β-unsaturated/α-hetero) is 1. The second-order valence-corrected chi connectivity index (χ2v) is 5.28. The molecule has 19 heavy (non-hydrogen) atoms. The van der Waals surface area contributed by atoms with Gasteiger partial charge in [-0.15, -0.1) is 11.3 Å². The maximum atomic E-state index is 12.2. The highest BCUT2D eigenvalue weighted by Gasteiger charge is 2.10. The van der Waals surface area contributed by atoms with Crippen LogP contribution in [-0.2, 0) is 6.42 Å². The molecule has 0 bridgehead atoms. The number of thiazole rings is 1. The number of ketones is 1. The zero-order valence-corrected chi connectivity index (χ0v) is 11.1. The summed E-state index contributed by atoms with van der Waals surface area (Å²) in [5, 5.41) is 2.90. The Bertz CT molecular complexity index is 751. The van der Waals surface area contributed by atoms with Gasteiger partial charge in [-0.05, 0) is 25.1 Å². The van der Waals surface area contributed by atoms with Crippen LogP contribution in [-0.4, -0.2) is 20.7 Å². The Hall–Kier alpha value is -2.14. The summed E-state index contributed by atoms with van der Waals surface area (Å²) in [5.41, 5.74) is 3.01. The van der Waals surface area contributed by atoms with Crippen LogP contribution in [0.5, 0.6) is 0 Å². The molecule has 2 heterocycles. The van der Waals surface area contributed by atoms with Gasteiger partial charge in [-0.2, -0.15) is 0 Å². The number of carbonyl (C=O) groups excluding carboxylic acids is 1. The van der Waals surface area contributed by atoms with Gasteiger partial charge in [0.1, 0.15) is 0 Å². The third-order valence-electron chi connectivity index (χ3n) is 2.80. The number of nitrogens with zero attached hydrogens (tertiary/aromatic N) is 3. The van der Waals surface area contributed by atoms with Crippen LogP contribution in [0.25, 0.3) is 11.0 Å². The monoisotopic (exact) mass is 269 g/mol. The van der Waals surface area contributed by atoms with Gasteiger partial charge in [0.2, 0.25) is 0 Å². The fraction of sp³-hybridized carbons (Fsp3) is 0.143. The number of rotatable bonds is 3. The van der Waals surface area contributed by atoms with E-state index in [0.29, 0.717) is 12.0 Å². The Morgan fingerprint density at radius 2 is 2.00 bits per heavy atom. The van der Waals surface area contributed by atoms with Gasteiger partial charge in [-0.25, -0.2) is 4.98 Å². The molecule has 0 fully saturated rings. The first-order chi connectivity index (χ1) is 9.22. The molecular formula is C14H11N3OS. The Morgan fingerprint density at radius 3 is 2.74 bits per heavy atom. The number of aromatic nitrogens is 3. The highest BCUT2D eigenvalue weighted by molar-refractivity contribution is 7.09. The minimum absolute atomic E-state index is 0.0536. The van der Waals surface area contributed by atoms with Crippen LogP contribution in [0, 0.1) is 6.92 Å². The summed E-state index contributed by atoms with van der Waals surface area (Å²) in [4.78, 5) is 24.9. The van der Waals surface area contributed by atoms with Crippen molar-refractivity contribution in [2.24, 2.45) is 0 Å². The third-order valence-corrected chi connectivity index (χ3v) is 3.62. The zero-order chi connectivity index (χ0) is 13.2. The average molecular weight is 269 g/mol. The number of fused-ring (bicyclic) bond motifs is 1. The normalized spacial score (nSPS) is 10.8. The molecular weight excluding hydrogens is 258 g/mol. The van der Waals surface area contributed by atoms with E-state index in [4.69, 9.17) is 0 Å². The van der Waals surface area contributed by atoms with E-state index >= 15 is 0 Å². The SMILES string of the molecule is Cc1nc(CC(=O)c2ccc3nccnc3c2)cs1. The smallest absolute Gasteiger partial charge is 0.168 e. The lowest BCUT2D eigenvalue weighted by Gasteiger charge is -2.01. The molecule has 3 rings (SSSR count). The molecule has 0 aliphatic heterocycles. The molecule has 0 saturated carbocycles. The Balaban J connectivity index is 1.89. The summed E-state index contributed by atoms with van der Waals surface area (Å²) in [5.74, 6) is 0.0536. The maximum Gasteiger partial charge on any atom is 0.168 e. The van der Waals surface area contributed by atoms with Crippen molar-refractivity contribution in [2.45, 2.75) is 13.3 Å². The van der Waals surface area contributed by atoms with E-state index in [2.05, 4.69) is 15.0 Å². The number of aryl methyl sites for hydroxylation is 1. The predicted molar refractivity (Wildman–Crippen MR) is 74.4 cm³/mol. The number of hydrogen-bond acceptors (Lipinski definition) is 5. The molecule has 1 aromatic carbocycles. The Labute approximate surface area is 114 Å². The van der Waals surface area contributed by atoms with Crippen LogP contribution >= 0.6 is 11.3 Å². The molecule has 0 N–H and O–H groups in total. The Kier molecular flexibility index (Phi) is 3.05. The summed E-state index contributed by atoms with van der Waals surface area (Å²) >= 11 is 1.56. The standard InChI is InChI=1S/C14H11N3OS/c1-9-17-11(8-19-9)7-14(18)10-2-3-12-13(6-10)16-5-4-15-12/h2-6,8H,7H2,1H3. The lowest BCUT2D eigenvalue weighted by atomic mass is 10.1. The average Bonchev–Trinajstić information content (AvgIpc) is 2.83. The molecule has 4 nitrogen and oxygen atoms in total. The molecule has 5 heteroatoms. The fourth-order valence-electron chi connectivity index (χ4n) is 1.89. The van der Waals surface area contributed by atoms with Gasteiger partial charge in [0, 0.05) is 23.3 Å². The highest BCUT2D eigenvalue weighted by Crippen LogP contribution is 2.15. The van der Waals surface area contributed by atoms with Gasteiger partial charge in [-0.1, -0.05) is 0 Å². The van der Waals surface area contributed by atoms with Crippen LogP contribution in [0.1, 0.15) is 21.1 Å². The van der Waals surface area contributed by atoms with Gasteiger partial charge >= 0.3 is 0 Å². The summed E-state index contributed by atoms with van der Waals surface area (Å²) in [7, 11) is 0. The molecule has 0 saturated heterocycles. The van der Waals surface area contributed by atoms with E-state index < -0.39 is 0 Å². The molecule has 3 aromatic rings. The van der Waals surface area contributed by atoms with Crippen LogP contribution < -0.4 is 0 Å². The van der Waals surface area contributed by atoms with Crippen LogP contribution in [0.4, 0.5) is 0 Å². The second-order valence-electron chi connectivity index (χ2n) is 4.22. The van der Waals surface area contributed by atoms with Gasteiger partial charge in [0.25, 0.3) is 0 Å². The highest BCUT2D eigenvalue weighted by atomic mass is 32.1. The van der Waals surface area contributed by atoms with E-state index in [1.807, 2.05) is 18.4 Å². The zero-order valence-electron chi connectivity index (χ0n) is 10.3.